The molecule has 2 atom stereocenters. The molecule has 0 bridgehead atoms. The monoisotopic (exact) mass is 273 g/mol. The molecule has 20 heavy (non-hydrogen) atoms. The van der Waals surface area contributed by atoms with Crippen molar-refractivity contribution in [2.45, 2.75) is 45.6 Å². The molecule has 1 saturated carbocycles. The van der Waals surface area contributed by atoms with Crippen molar-refractivity contribution in [2.75, 3.05) is 6.54 Å². The lowest BCUT2D eigenvalue weighted by Gasteiger charge is -2.37. The third-order valence-electron chi connectivity index (χ3n) is 4.66. The van der Waals surface area contributed by atoms with E-state index in [9.17, 15) is 0 Å². The minimum absolute atomic E-state index is 0.233. The molecule has 0 radical (unpaired) electrons. The predicted molar refractivity (Wildman–Crippen MR) is 80.9 cm³/mol. The molecule has 4 heteroatoms. The van der Waals surface area contributed by atoms with Crippen LogP contribution in [0.5, 0.6) is 5.75 Å². The lowest BCUT2D eigenvalue weighted by Crippen LogP contribution is -2.37. The van der Waals surface area contributed by atoms with Gasteiger partial charge < -0.3 is 10.5 Å². The first kappa shape index (κ1) is 13.4. The van der Waals surface area contributed by atoms with E-state index < -0.39 is 0 Å². The van der Waals surface area contributed by atoms with Gasteiger partial charge in [-0.05, 0) is 56.7 Å². The zero-order chi connectivity index (χ0) is 14.2. The summed E-state index contributed by atoms with van der Waals surface area (Å²) in [5, 5.41) is 8.22. The number of nitrogens with zero attached hydrogens (tertiary/aromatic N) is 1. The summed E-state index contributed by atoms with van der Waals surface area (Å²) in [6.45, 7) is 5.11. The van der Waals surface area contributed by atoms with Crippen molar-refractivity contribution in [2.24, 2.45) is 11.1 Å². The fourth-order valence-corrected chi connectivity index (χ4v) is 3.24. The summed E-state index contributed by atoms with van der Waals surface area (Å²) in [7, 11) is 0. The van der Waals surface area contributed by atoms with E-state index in [-0.39, 0.29) is 11.5 Å². The number of aryl methyl sites for hydroxylation is 1. The Bertz CT molecular complexity index is 607. The molecule has 2 aromatic rings. The Morgan fingerprint density at radius 1 is 1.50 bits per heavy atom. The van der Waals surface area contributed by atoms with Crippen molar-refractivity contribution < 1.29 is 4.74 Å². The molecular weight excluding hydrogens is 250 g/mol. The number of hydrogen-bond donors (Lipinski definition) is 2. The van der Waals surface area contributed by atoms with Crippen LogP contribution in [0.1, 0.15) is 38.2 Å². The molecule has 0 spiro atoms. The van der Waals surface area contributed by atoms with Crippen molar-refractivity contribution in [3.8, 4) is 5.75 Å². The van der Waals surface area contributed by atoms with E-state index in [0.29, 0.717) is 0 Å². The topological polar surface area (TPSA) is 63.9 Å². The normalized spacial score (nSPS) is 26.9. The minimum atomic E-state index is 0.233. The van der Waals surface area contributed by atoms with E-state index in [1.54, 1.807) is 0 Å². The average molecular weight is 273 g/mol. The highest BCUT2D eigenvalue weighted by molar-refractivity contribution is 5.83. The minimum Gasteiger partial charge on any atom is -0.490 e. The van der Waals surface area contributed by atoms with Crippen LogP contribution in [0.15, 0.2) is 18.3 Å². The Kier molecular flexibility index (Phi) is 3.42. The van der Waals surface area contributed by atoms with E-state index in [0.717, 1.165) is 41.6 Å². The van der Waals surface area contributed by atoms with Crippen molar-refractivity contribution in [1.29, 1.82) is 0 Å². The summed E-state index contributed by atoms with van der Waals surface area (Å²) in [5.74, 6) is 0.977. The average Bonchev–Trinajstić information content (AvgIpc) is 2.91. The summed E-state index contributed by atoms with van der Waals surface area (Å²) in [6, 6.07) is 4.08. The summed E-state index contributed by atoms with van der Waals surface area (Å²) in [4.78, 5) is 0. The molecule has 1 aliphatic rings. The van der Waals surface area contributed by atoms with Crippen LogP contribution >= 0.6 is 0 Å². The molecule has 0 saturated heterocycles. The van der Waals surface area contributed by atoms with E-state index >= 15 is 0 Å². The Labute approximate surface area is 119 Å². The molecule has 0 aliphatic heterocycles. The van der Waals surface area contributed by atoms with E-state index in [1.165, 1.54) is 12.8 Å². The number of fused-ring (bicyclic) bond motifs is 1. The zero-order valence-corrected chi connectivity index (χ0v) is 12.3. The molecule has 3 N–H and O–H groups in total. The molecule has 1 heterocycles. The van der Waals surface area contributed by atoms with Gasteiger partial charge in [0.25, 0.3) is 0 Å². The maximum Gasteiger partial charge on any atom is 0.123 e. The lowest BCUT2D eigenvalue weighted by atomic mass is 9.74. The number of ether oxygens (including phenoxy) is 1. The van der Waals surface area contributed by atoms with Gasteiger partial charge in [0.2, 0.25) is 0 Å². The van der Waals surface area contributed by atoms with Crippen molar-refractivity contribution in [3.63, 3.8) is 0 Å². The van der Waals surface area contributed by atoms with E-state index in [4.69, 9.17) is 10.5 Å². The van der Waals surface area contributed by atoms with Crippen LogP contribution in [0.25, 0.3) is 10.9 Å². The quantitative estimate of drug-likeness (QED) is 0.903. The molecule has 0 amide bonds. The second-order valence-corrected chi connectivity index (χ2v) is 6.37. The van der Waals surface area contributed by atoms with Crippen LogP contribution < -0.4 is 10.5 Å². The number of nitrogens with two attached hydrogens (primary N) is 1. The van der Waals surface area contributed by atoms with Gasteiger partial charge in [0.05, 0.1) is 17.8 Å². The Balaban J connectivity index is 1.80. The number of aromatic amines is 1. The number of H-pyrrole nitrogens is 1. The fraction of sp³-hybridized carbons (Fsp3) is 0.562. The Hall–Kier alpha value is -1.55. The Morgan fingerprint density at radius 3 is 3.15 bits per heavy atom. The Morgan fingerprint density at radius 2 is 2.35 bits per heavy atom. The summed E-state index contributed by atoms with van der Waals surface area (Å²) < 4.78 is 6.26. The summed E-state index contributed by atoms with van der Waals surface area (Å²) in [5.41, 5.74) is 8.37. The first-order valence-corrected chi connectivity index (χ1v) is 7.41. The maximum atomic E-state index is 6.26. The summed E-state index contributed by atoms with van der Waals surface area (Å²) >= 11 is 0. The van der Waals surface area contributed by atoms with Crippen LogP contribution in [0, 0.1) is 12.3 Å². The molecule has 4 nitrogen and oxygen atoms in total. The van der Waals surface area contributed by atoms with Gasteiger partial charge in [0.15, 0.2) is 0 Å². The van der Waals surface area contributed by atoms with E-state index in [2.05, 4.69) is 24.0 Å². The van der Waals surface area contributed by atoms with Crippen molar-refractivity contribution >= 4 is 10.9 Å². The lowest BCUT2D eigenvalue weighted by molar-refractivity contribution is 0.0788. The smallest absolute Gasteiger partial charge is 0.123 e. The van der Waals surface area contributed by atoms with Gasteiger partial charge in [-0.15, -0.1) is 0 Å². The number of rotatable bonds is 3. The van der Waals surface area contributed by atoms with Gasteiger partial charge in [-0.3, -0.25) is 5.10 Å². The van der Waals surface area contributed by atoms with Crippen LogP contribution in [0.4, 0.5) is 0 Å². The highest BCUT2D eigenvalue weighted by atomic mass is 16.5. The first-order valence-electron chi connectivity index (χ1n) is 7.41. The van der Waals surface area contributed by atoms with E-state index in [1.807, 2.05) is 18.3 Å². The highest BCUT2D eigenvalue weighted by Gasteiger charge is 2.32. The highest BCUT2D eigenvalue weighted by Crippen LogP contribution is 2.37. The molecule has 1 aromatic carbocycles. The van der Waals surface area contributed by atoms with Crippen molar-refractivity contribution in [3.05, 3.63) is 23.9 Å². The second kappa shape index (κ2) is 5.09. The molecule has 1 aromatic heterocycles. The van der Waals surface area contributed by atoms with Crippen LogP contribution in [0.3, 0.4) is 0 Å². The van der Waals surface area contributed by atoms with Gasteiger partial charge in [-0.25, -0.2) is 0 Å². The van der Waals surface area contributed by atoms with Gasteiger partial charge >= 0.3 is 0 Å². The van der Waals surface area contributed by atoms with Crippen LogP contribution in [-0.2, 0) is 0 Å². The van der Waals surface area contributed by atoms with Gasteiger partial charge in [0.1, 0.15) is 5.75 Å². The van der Waals surface area contributed by atoms with Gasteiger partial charge in [-0.2, -0.15) is 5.10 Å². The SMILES string of the molecule is Cc1c(O[C@H]2CCC[C@@](C)(CN)C2)ccc2[nH]ncc12. The number of benzene rings is 1. The van der Waals surface area contributed by atoms with Gasteiger partial charge in [0, 0.05) is 10.9 Å². The number of aromatic nitrogens is 2. The molecule has 3 rings (SSSR count). The second-order valence-electron chi connectivity index (χ2n) is 6.37. The molecule has 1 fully saturated rings. The van der Waals surface area contributed by atoms with Crippen molar-refractivity contribution in [1.82, 2.24) is 10.2 Å². The third-order valence-corrected chi connectivity index (χ3v) is 4.66. The maximum absolute atomic E-state index is 6.26. The fourth-order valence-electron chi connectivity index (χ4n) is 3.24. The molecular formula is C16H23N3O. The van der Waals surface area contributed by atoms with Gasteiger partial charge in [-0.1, -0.05) is 6.92 Å². The van der Waals surface area contributed by atoms with Crippen LogP contribution in [-0.4, -0.2) is 22.8 Å². The molecule has 1 aliphatic carbocycles. The standard InChI is InChI=1S/C16H23N3O/c1-11-13-9-18-19-14(13)5-6-15(11)20-12-4-3-7-16(2,8-12)10-17/h5-6,9,12H,3-4,7-8,10,17H2,1-2H3,(H,18,19)/t12-,16+/m0/s1. The predicted octanol–water partition coefficient (Wildman–Crippen LogP) is 3.16. The molecule has 108 valence electrons. The zero-order valence-electron chi connectivity index (χ0n) is 12.3. The largest absolute Gasteiger partial charge is 0.490 e. The first-order chi connectivity index (χ1) is 9.61. The third kappa shape index (κ3) is 2.40. The summed E-state index contributed by atoms with van der Waals surface area (Å²) in [6.07, 6.45) is 6.72. The number of hydrogen-bond acceptors (Lipinski definition) is 3. The van der Waals surface area contributed by atoms with Crippen LogP contribution in [0.2, 0.25) is 0 Å². The molecule has 0 unspecified atom stereocenters. The number of nitrogens with one attached hydrogen (secondary N) is 1.